The summed E-state index contributed by atoms with van der Waals surface area (Å²) in [5.74, 6) is -2.03. The van der Waals surface area contributed by atoms with E-state index in [1.54, 1.807) is 0 Å². The maximum absolute atomic E-state index is 13.3. The highest BCUT2D eigenvalue weighted by Gasteiger charge is 2.21. The molecule has 0 aromatic carbocycles. The Morgan fingerprint density at radius 1 is 1.50 bits per heavy atom. The van der Waals surface area contributed by atoms with Crippen molar-refractivity contribution in [3.05, 3.63) is 16.0 Å². The van der Waals surface area contributed by atoms with E-state index in [2.05, 4.69) is 4.98 Å². The number of halogens is 3. The van der Waals surface area contributed by atoms with Crippen LogP contribution in [-0.4, -0.2) is 30.5 Å². The first-order chi connectivity index (χ1) is 9.49. The van der Waals surface area contributed by atoms with E-state index in [4.69, 9.17) is 43.1 Å². The van der Waals surface area contributed by atoms with Crippen LogP contribution in [0, 0.1) is 5.95 Å². The molecule has 0 amide bonds. The van der Waals surface area contributed by atoms with E-state index >= 15 is 0 Å². The van der Waals surface area contributed by atoms with Gasteiger partial charge in [-0.1, -0.05) is 23.2 Å². The molecular formula is C11H11Cl2FN2O4. The van der Waals surface area contributed by atoms with Gasteiger partial charge >= 0.3 is 5.97 Å². The maximum Gasteiger partial charge on any atom is 0.346 e. The first-order valence-electron chi connectivity index (χ1n) is 5.73. The fourth-order valence-electron chi connectivity index (χ4n) is 1.55. The highest BCUT2D eigenvalue weighted by atomic mass is 35.5. The van der Waals surface area contributed by atoms with E-state index in [0.717, 1.165) is 6.42 Å². The molecule has 0 saturated carbocycles. The molecule has 20 heavy (non-hydrogen) atoms. The molecule has 110 valence electrons. The van der Waals surface area contributed by atoms with Gasteiger partial charge in [0.05, 0.1) is 12.3 Å². The molecule has 6 nitrogen and oxygen atoms in total. The smallest absolute Gasteiger partial charge is 0.346 e. The second-order valence-corrected chi connectivity index (χ2v) is 4.73. The number of anilines is 1. The van der Waals surface area contributed by atoms with E-state index in [0.29, 0.717) is 13.0 Å². The summed E-state index contributed by atoms with van der Waals surface area (Å²) in [6.07, 6.45) is 0.889. The van der Waals surface area contributed by atoms with Gasteiger partial charge in [0.2, 0.25) is 18.1 Å². The lowest BCUT2D eigenvalue weighted by Crippen LogP contribution is -2.22. The predicted octanol–water partition coefficient (Wildman–Crippen LogP) is 2.17. The van der Waals surface area contributed by atoms with Crippen molar-refractivity contribution in [2.45, 2.75) is 19.1 Å². The number of nitrogens with zero attached hydrogens (tertiary/aromatic N) is 1. The highest BCUT2D eigenvalue weighted by Crippen LogP contribution is 2.35. The van der Waals surface area contributed by atoms with Crippen molar-refractivity contribution in [2.24, 2.45) is 0 Å². The van der Waals surface area contributed by atoms with Crippen molar-refractivity contribution >= 4 is 34.9 Å². The van der Waals surface area contributed by atoms with Crippen LogP contribution < -0.4 is 10.5 Å². The summed E-state index contributed by atoms with van der Waals surface area (Å²) in [5, 5.41) is -0.564. The van der Waals surface area contributed by atoms with Gasteiger partial charge in [0.15, 0.2) is 6.61 Å². The van der Waals surface area contributed by atoms with Crippen LogP contribution in [0.2, 0.25) is 10.0 Å². The van der Waals surface area contributed by atoms with Crippen molar-refractivity contribution < 1.29 is 23.4 Å². The summed E-state index contributed by atoms with van der Waals surface area (Å²) in [5.41, 5.74) is 5.26. The fourth-order valence-corrected chi connectivity index (χ4v) is 1.93. The molecule has 1 fully saturated rings. The van der Waals surface area contributed by atoms with Gasteiger partial charge in [-0.05, 0) is 6.42 Å². The van der Waals surface area contributed by atoms with Gasteiger partial charge in [-0.2, -0.15) is 9.37 Å². The van der Waals surface area contributed by atoms with Crippen molar-refractivity contribution in [1.82, 2.24) is 4.98 Å². The second kappa shape index (κ2) is 6.43. The average molecular weight is 325 g/mol. The van der Waals surface area contributed by atoms with Gasteiger partial charge in [-0.3, -0.25) is 0 Å². The van der Waals surface area contributed by atoms with Crippen molar-refractivity contribution in [3.8, 4) is 5.88 Å². The minimum Gasteiger partial charge on any atom is -0.464 e. The molecule has 1 atom stereocenters. The summed E-state index contributed by atoms with van der Waals surface area (Å²) in [7, 11) is 0. The number of hydrogen-bond acceptors (Lipinski definition) is 6. The number of hydrogen-bond donors (Lipinski definition) is 1. The zero-order chi connectivity index (χ0) is 14.7. The quantitative estimate of drug-likeness (QED) is 0.675. The first kappa shape index (κ1) is 15.1. The van der Waals surface area contributed by atoms with Gasteiger partial charge in [0, 0.05) is 6.42 Å². The van der Waals surface area contributed by atoms with Crippen LogP contribution >= 0.6 is 23.2 Å². The van der Waals surface area contributed by atoms with E-state index in [1.807, 2.05) is 0 Å². The number of esters is 1. The number of nitrogens with two attached hydrogens (primary N) is 1. The number of carbonyl (C=O) groups is 1. The van der Waals surface area contributed by atoms with E-state index in [-0.39, 0.29) is 16.6 Å². The lowest BCUT2D eigenvalue weighted by Gasteiger charge is -2.12. The van der Waals surface area contributed by atoms with Gasteiger partial charge in [-0.25, -0.2) is 4.79 Å². The molecule has 1 aromatic rings. The molecule has 0 spiro atoms. The average Bonchev–Trinajstić information content (AvgIpc) is 2.92. The van der Waals surface area contributed by atoms with Crippen LogP contribution in [0.5, 0.6) is 5.88 Å². The Bertz CT molecular complexity index is 524. The molecular weight excluding hydrogens is 314 g/mol. The molecule has 1 aliphatic rings. The SMILES string of the molecule is Nc1c(Cl)c(F)nc(OCC(=O)OC2CCCO2)c1Cl. The van der Waals surface area contributed by atoms with Crippen LogP contribution in [0.1, 0.15) is 12.8 Å². The zero-order valence-electron chi connectivity index (χ0n) is 10.2. The third-order valence-corrected chi connectivity index (χ3v) is 3.24. The number of nitrogen functional groups attached to an aromatic ring is 1. The van der Waals surface area contributed by atoms with Crippen molar-refractivity contribution in [3.63, 3.8) is 0 Å². The largest absolute Gasteiger partial charge is 0.464 e. The molecule has 2 N–H and O–H groups in total. The summed E-state index contributed by atoms with van der Waals surface area (Å²) >= 11 is 11.3. The summed E-state index contributed by atoms with van der Waals surface area (Å²) in [6, 6.07) is 0. The number of rotatable bonds is 4. The van der Waals surface area contributed by atoms with Gasteiger partial charge in [0.25, 0.3) is 0 Å². The minimum absolute atomic E-state index is 0.165. The molecule has 0 aliphatic carbocycles. The molecule has 0 radical (unpaired) electrons. The van der Waals surface area contributed by atoms with Gasteiger partial charge in [-0.15, -0.1) is 0 Å². The van der Waals surface area contributed by atoms with E-state index in [9.17, 15) is 9.18 Å². The lowest BCUT2D eigenvalue weighted by molar-refractivity contribution is -0.172. The Morgan fingerprint density at radius 2 is 2.25 bits per heavy atom. The van der Waals surface area contributed by atoms with Crippen LogP contribution in [-0.2, 0) is 14.3 Å². The highest BCUT2D eigenvalue weighted by molar-refractivity contribution is 6.39. The summed E-state index contributed by atoms with van der Waals surface area (Å²) in [4.78, 5) is 14.8. The maximum atomic E-state index is 13.3. The standard InChI is InChI=1S/C11H11Cl2FN2O4/c12-7-9(15)8(13)11(16-10(7)14)19-4-5(17)20-6-2-1-3-18-6/h6H,1-4H2,(H2,15,16). The molecule has 1 unspecified atom stereocenters. The van der Waals surface area contributed by atoms with E-state index in [1.165, 1.54) is 0 Å². The number of carbonyl (C=O) groups excluding carboxylic acids is 1. The predicted molar refractivity (Wildman–Crippen MR) is 69.2 cm³/mol. The Balaban J connectivity index is 1.95. The van der Waals surface area contributed by atoms with Crippen LogP contribution in [0.3, 0.4) is 0 Å². The molecule has 2 rings (SSSR count). The topological polar surface area (TPSA) is 83.7 Å². The molecule has 0 bridgehead atoms. The van der Waals surface area contributed by atoms with Crippen molar-refractivity contribution in [2.75, 3.05) is 18.9 Å². The third kappa shape index (κ3) is 3.41. The number of aromatic nitrogens is 1. The fraction of sp³-hybridized carbons (Fsp3) is 0.455. The Labute approximate surface area is 123 Å². The van der Waals surface area contributed by atoms with Crippen LogP contribution in [0.15, 0.2) is 0 Å². The Kier molecular flexibility index (Phi) is 4.85. The van der Waals surface area contributed by atoms with Gasteiger partial charge in [0.1, 0.15) is 10.0 Å². The molecule has 1 aromatic heterocycles. The Hall–Kier alpha value is -1.31. The lowest BCUT2D eigenvalue weighted by atomic mass is 10.4. The first-order valence-corrected chi connectivity index (χ1v) is 6.48. The van der Waals surface area contributed by atoms with Crippen molar-refractivity contribution in [1.29, 1.82) is 0 Å². The number of ether oxygens (including phenoxy) is 3. The summed E-state index contributed by atoms with van der Waals surface area (Å²) < 4.78 is 28.3. The summed E-state index contributed by atoms with van der Waals surface area (Å²) in [6.45, 7) is 0.0538. The third-order valence-electron chi connectivity index (χ3n) is 2.52. The monoisotopic (exact) mass is 324 g/mol. The number of pyridine rings is 1. The van der Waals surface area contributed by atoms with Crippen LogP contribution in [0.4, 0.5) is 10.1 Å². The van der Waals surface area contributed by atoms with Crippen LogP contribution in [0.25, 0.3) is 0 Å². The minimum atomic E-state index is -1.03. The van der Waals surface area contributed by atoms with Gasteiger partial charge < -0.3 is 19.9 Å². The molecule has 1 aliphatic heterocycles. The second-order valence-electron chi connectivity index (χ2n) is 3.97. The normalized spacial score (nSPS) is 18.1. The zero-order valence-corrected chi connectivity index (χ0v) is 11.7. The molecule has 1 saturated heterocycles. The molecule has 9 heteroatoms. The Morgan fingerprint density at radius 3 is 2.90 bits per heavy atom. The van der Waals surface area contributed by atoms with E-state index < -0.39 is 29.8 Å². The molecule has 2 heterocycles.